The van der Waals surface area contributed by atoms with Crippen LogP contribution in [0.25, 0.3) is 0 Å². The monoisotopic (exact) mass is 267 g/mol. The van der Waals surface area contributed by atoms with Crippen LogP contribution in [0.3, 0.4) is 0 Å². The molecule has 4 nitrogen and oxygen atoms in total. The second kappa shape index (κ2) is 6.29. The topological polar surface area (TPSA) is 59.2 Å². The normalized spacial score (nSPS) is 17.1. The van der Waals surface area contributed by atoms with Crippen molar-refractivity contribution in [3.8, 4) is 0 Å². The quantitative estimate of drug-likeness (QED) is 0.906. The van der Waals surface area contributed by atoms with Crippen molar-refractivity contribution in [3.05, 3.63) is 16.1 Å². The molecular weight excluding hydrogens is 246 g/mol. The maximum Gasteiger partial charge on any atom is 0.265 e. The molecule has 2 heterocycles. The van der Waals surface area contributed by atoms with Crippen molar-refractivity contribution in [2.45, 2.75) is 32.6 Å². The van der Waals surface area contributed by atoms with Gasteiger partial charge in [0.25, 0.3) is 5.91 Å². The zero-order chi connectivity index (χ0) is 13.0. The van der Waals surface area contributed by atoms with Gasteiger partial charge in [-0.05, 0) is 38.1 Å². The molecular formula is C13H21N3OS. The van der Waals surface area contributed by atoms with Gasteiger partial charge in [0.1, 0.15) is 4.88 Å². The minimum atomic E-state index is 0.144. The fourth-order valence-electron chi connectivity index (χ4n) is 2.27. The van der Waals surface area contributed by atoms with Gasteiger partial charge in [-0.3, -0.25) is 4.79 Å². The summed E-state index contributed by atoms with van der Waals surface area (Å²) in [5.41, 5.74) is 5.66. The Hall–Kier alpha value is -0.940. The Labute approximate surface area is 112 Å². The summed E-state index contributed by atoms with van der Waals surface area (Å²) in [6.45, 7) is 4.53. The van der Waals surface area contributed by atoms with E-state index in [4.69, 9.17) is 5.73 Å². The lowest BCUT2D eigenvalue weighted by Gasteiger charge is -2.30. The highest BCUT2D eigenvalue weighted by Crippen LogP contribution is 2.21. The van der Waals surface area contributed by atoms with E-state index in [-0.39, 0.29) is 5.91 Å². The zero-order valence-electron chi connectivity index (χ0n) is 10.9. The van der Waals surface area contributed by atoms with E-state index in [0.717, 1.165) is 55.2 Å². The molecule has 1 saturated heterocycles. The Morgan fingerprint density at radius 2 is 2.28 bits per heavy atom. The van der Waals surface area contributed by atoms with Crippen molar-refractivity contribution in [1.29, 1.82) is 0 Å². The summed E-state index contributed by atoms with van der Waals surface area (Å²) in [4.78, 5) is 19.3. The minimum absolute atomic E-state index is 0.144. The number of likely N-dealkylation sites (tertiary alicyclic amines) is 1. The summed E-state index contributed by atoms with van der Waals surface area (Å²) < 4.78 is 0. The standard InChI is InChI=1S/C13H21N3OS/c1-2-3-12-15-9-11(18-12)13(17)16-6-4-10(8-14)5-7-16/h9-10H,2-8,14H2,1H3. The number of aryl methyl sites for hydroxylation is 1. The van der Waals surface area contributed by atoms with Crippen LogP contribution in [0, 0.1) is 5.92 Å². The predicted octanol–water partition coefficient (Wildman–Crippen LogP) is 1.91. The molecule has 1 aromatic heterocycles. The Bertz CT molecular complexity index is 397. The van der Waals surface area contributed by atoms with Gasteiger partial charge in [-0.25, -0.2) is 4.98 Å². The maximum atomic E-state index is 12.3. The van der Waals surface area contributed by atoms with Crippen LogP contribution in [0.15, 0.2) is 6.20 Å². The van der Waals surface area contributed by atoms with Gasteiger partial charge in [-0.1, -0.05) is 6.92 Å². The summed E-state index contributed by atoms with van der Waals surface area (Å²) in [5.74, 6) is 0.733. The van der Waals surface area contributed by atoms with E-state index in [1.54, 1.807) is 6.20 Å². The highest BCUT2D eigenvalue weighted by Gasteiger charge is 2.24. The van der Waals surface area contributed by atoms with E-state index >= 15 is 0 Å². The molecule has 0 aliphatic carbocycles. The highest BCUT2D eigenvalue weighted by molar-refractivity contribution is 7.13. The SMILES string of the molecule is CCCc1ncc(C(=O)N2CCC(CN)CC2)s1. The van der Waals surface area contributed by atoms with Gasteiger partial charge in [0.2, 0.25) is 0 Å². The number of nitrogens with two attached hydrogens (primary N) is 1. The van der Waals surface area contributed by atoms with Crippen LogP contribution >= 0.6 is 11.3 Å². The van der Waals surface area contributed by atoms with Crippen LogP contribution in [0.4, 0.5) is 0 Å². The molecule has 1 aliphatic heterocycles. The molecule has 1 amide bonds. The first-order valence-electron chi connectivity index (χ1n) is 6.68. The molecule has 1 aromatic rings. The number of hydrogen-bond donors (Lipinski definition) is 1. The lowest BCUT2D eigenvalue weighted by atomic mass is 9.97. The summed E-state index contributed by atoms with van der Waals surface area (Å²) >= 11 is 1.54. The number of carbonyl (C=O) groups excluding carboxylic acids is 1. The van der Waals surface area contributed by atoms with E-state index in [1.807, 2.05) is 4.90 Å². The number of piperidine rings is 1. The summed E-state index contributed by atoms with van der Waals surface area (Å²) in [6.07, 6.45) is 5.83. The number of aromatic nitrogens is 1. The van der Waals surface area contributed by atoms with Gasteiger partial charge in [-0.15, -0.1) is 11.3 Å². The number of thiazole rings is 1. The van der Waals surface area contributed by atoms with Gasteiger partial charge >= 0.3 is 0 Å². The fourth-order valence-corrected chi connectivity index (χ4v) is 3.25. The molecule has 0 unspecified atom stereocenters. The van der Waals surface area contributed by atoms with Crippen LogP contribution in [0.2, 0.25) is 0 Å². The van der Waals surface area contributed by atoms with Crippen molar-refractivity contribution < 1.29 is 4.79 Å². The van der Waals surface area contributed by atoms with Crippen LogP contribution in [-0.4, -0.2) is 35.4 Å². The van der Waals surface area contributed by atoms with Crippen molar-refractivity contribution in [3.63, 3.8) is 0 Å². The molecule has 0 saturated carbocycles. The van der Waals surface area contributed by atoms with E-state index in [0.29, 0.717) is 5.92 Å². The molecule has 0 atom stereocenters. The highest BCUT2D eigenvalue weighted by atomic mass is 32.1. The number of hydrogen-bond acceptors (Lipinski definition) is 4. The van der Waals surface area contributed by atoms with Crippen molar-refractivity contribution in [2.75, 3.05) is 19.6 Å². The number of amides is 1. The van der Waals surface area contributed by atoms with Crippen LogP contribution in [0.5, 0.6) is 0 Å². The van der Waals surface area contributed by atoms with E-state index in [1.165, 1.54) is 11.3 Å². The Morgan fingerprint density at radius 1 is 1.56 bits per heavy atom. The van der Waals surface area contributed by atoms with E-state index in [9.17, 15) is 4.79 Å². The summed E-state index contributed by atoms with van der Waals surface area (Å²) in [6, 6.07) is 0. The molecule has 1 fully saturated rings. The number of nitrogens with zero attached hydrogens (tertiary/aromatic N) is 2. The van der Waals surface area contributed by atoms with E-state index < -0.39 is 0 Å². The first kappa shape index (κ1) is 13.5. The molecule has 2 N–H and O–H groups in total. The molecule has 0 spiro atoms. The first-order valence-corrected chi connectivity index (χ1v) is 7.50. The van der Waals surface area contributed by atoms with Crippen LogP contribution < -0.4 is 5.73 Å². The molecule has 5 heteroatoms. The average Bonchev–Trinajstić information content (AvgIpc) is 2.87. The lowest BCUT2D eigenvalue weighted by molar-refractivity contribution is 0.0698. The molecule has 100 valence electrons. The minimum Gasteiger partial charge on any atom is -0.338 e. The maximum absolute atomic E-state index is 12.3. The Balaban J connectivity index is 1.94. The Kier molecular flexibility index (Phi) is 4.72. The molecule has 18 heavy (non-hydrogen) atoms. The predicted molar refractivity (Wildman–Crippen MR) is 73.8 cm³/mol. The molecule has 1 aliphatic rings. The number of carbonyl (C=O) groups is 1. The van der Waals surface area contributed by atoms with Crippen molar-refractivity contribution in [1.82, 2.24) is 9.88 Å². The largest absolute Gasteiger partial charge is 0.338 e. The second-order valence-corrected chi connectivity index (χ2v) is 5.95. The van der Waals surface area contributed by atoms with Gasteiger partial charge < -0.3 is 10.6 Å². The van der Waals surface area contributed by atoms with Gasteiger partial charge in [0.15, 0.2) is 0 Å². The smallest absolute Gasteiger partial charge is 0.265 e. The van der Waals surface area contributed by atoms with Gasteiger partial charge in [0, 0.05) is 13.1 Å². The molecule has 2 rings (SSSR count). The summed E-state index contributed by atoms with van der Waals surface area (Å²) in [7, 11) is 0. The van der Waals surface area contributed by atoms with Crippen molar-refractivity contribution >= 4 is 17.2 Å². The second-order valence-electron chi connectivity index (χ2n) is 4.84. The Morgan fingerprint density at radius 3 is 2.89 bits per heavy atom. The lowest BCUT2D eigenvalue weighted by Crippen LogP contribution is -2.39. The third-order valence-electron chi connectivity index (χ3n) is 3.46. The van der Waals surface area contributed by atoms with Gasteiger partial charge in [0.05, 0.1) is 11.2 Å². The first-order chi connectivity index (χ1) is 8.74. The zero-order valence-corrected chi connectivity index (χ0v) is 11.7. The third-order valence-corrected chi connectivity index (χ3v) is 4.51. The molecule has 0 radical (unpaired) electrons. The molecule has 0 bridgehead atoms. The average molecular weight is 267 g/mol. The third kappa shape index (κ3) is 3.09. The van der Waals surface area contributed by atoms with Crippen molar-refractivity contribution in [2.24, 2.45) is 11.7 Å². The molecule has 0 aromatic carbocycles. The van der Waals surface area contributed by atoms with Crippen LogP contribution in [0.1, 0.15) is 40.9 Å². The van der Waals surface area contributed by atoms with E-state index in [2.05, 4.69) is 11.9 Å². The fraction of sp³-hybridized carbons (Fsp3) is 0.692. The number of rotatable bonds is 4. The van der Waals surface area contributed by atoms with Crippen LogP contribution in [-0.2, 0) is 6.42 Å². The van der Waals surface area contributed by atoms with Gasteiger partial charge in [-0.2, -0.15) is 0 Å². The summed E-state index contributed by atoms with van der Waals surface area (Å²) in [5, 5.41) is 1.07.